The molecule has 1 N–H and O–H groups in total. The van der Waals surface area contributed by atoms with Crippen molar-refractivity contribution in [1.82, 2.24) is 0 Å². The van der Waals surface area contributed by atoms with Gasteiger partial charge in [0.2, 0.25) is 0 Å². The Morgan fingerprint density at radius 1 is 0.667 bits per heavy atom. The molecule has 308 valence electrons. The second-order valence-electron chi connectivity index (χ2n) is 15.2. The molecule has 0 fully saturated rings. The number of hydrogen-bond donors (Lipinski definition) is 1. The zero-order valence-corrected chi connectivity index (χ0v) is 34.3. The van der Waals surface area contributed by atoms with E-state index in [1.54, 1.807) is 35.2 Å². The van der Waals surface area contributed by atoms with Crippen LogP contribution in [-0.2, 0) is 30.8 Å². The number of carbonyl (C=O) groups excluding carboxylic acids is 1. The monoisotopic (exact) mass is 828 g/mol. The number of ether oxygens (including phenoxy) is 3. The molecule has 6 aromatic rings. The molecule has 0 saturated carbocycles. The molecule has 6 aromatic carbocycles. The molecule has 0 unspecified atom stereocenters. The summed E-state index contributed by atoms with van der Waals surface area (Å²) in [6.07, 6.45) is 1.34. The molecule has 0 aromatic heterocycles. The number of benzene rings is 6. The maximum Gasteiger partial charge on any atom is 0.414 e. The maximum absolute atomic E-state index is 12.5. The summed E-state index contributed by atoms with van der Waals surface area (Å²) in [5.74, 6) is 1.43. The van der Waals surface area contributed by atoms with Crippen molar-refractivity contribution in [2.24, 2.45) is 0 Å². The van der Waals surface area contributed by atoms with Gasteiger partial charge in [0.1, 0.15) is 30.3 Å². The van der Waals surface area contributed by atoms with Crippen molar-refractivity contribution in [2.45, 2.75) is 52.4 Å². The number of nitrogens with one attached hydrogen (secondary N) is 1. The average molecular weight is 829 g/mol. The van der Waals surface area contributed by atoms with Crippen molar-refractivity contribution in [3.63, 3.8) is 0 Å². The van der Waals surface area contributed by atoms with Gasteiger partial charge in [-0.2, -0.15) is 0 Å². The number of halogens is 1. The molecular weight excluding hydrogens is 784 g/mol. The van der Waals surface area contributed by atoms with E-state index >= 15 is 0 Å². The molecule has 0 spiro atoms. The van der Waals surface area contributed by atoms with Gasteiger partial charge in [-0.1, -0.05) is 72.8 Å². The summed E-state index contributed by atoms with van der Waals surface area (Å²) in [4.78, 5) is 36.5. The molecule has 0 bridgehead atoms. The molecule has 2 heterocycles. The first-order valence-corrected chi connectivity index (χ1v) is 19.3. The Hall–Kier alpha value is -6.92. The number of rotatable bonds is 10. The molecule has 13 heteroatoms. The van der Waals surface area contributed by atoms with Crippen LogP contribution in [-0.4, -0.2) is 34.6 Å². The second-order valence-corrected chi connectivity index (χ2v) is 15.2. The van der Waals surface area contributed by atoms with Gasteiger partial charge in [0, 0.05) is 30.9 Å². The minimum absolute atomic E-state index is 0. The van der Waals surface area contributed by atoms with Gasteiger partial charge >= 0.3 is 6.09 Å². The maximum atomic E-state index is 12.5. The van der Waals surface area contributed by atoms with Crippen LogP contribution in [0.3, 0.4) is 0 Å². The molecule has 0 saturated heterocycles. The number of nitro benzene ring substituents is 2. The van der Waals surface area contributed by atoms with Gasteiger partial charge in [-0.05, 0) is 116 Å². The van der Waals surface area contributed by atoms with E-state index in [1.807, 2.05) is 124 Å². The predicted octanol–water partition coefficient (Wildman–Crippen LogP) is 11.4. The minimum Gasteiger partial charge on any atom is -0.489 e. The smallest absolute Gasteiger partial charge is 0.414 e. The van der Waals surface area contributed by atoms with Crippen LogP contribution >= 0.6 is 12.4 Å². The van der Waals surface area contributed by atoms with Crippen molar-refractivity contribution >= 4 is 41.2 Å². The highest BCUT2D eigenvalue weighted by molar-refractivity contribution is 5.90. The Bertz CT molecular complexity index is 2490. The summed E-state index contributed by atoms with van der Waals surface area (Å²) < 4.78 is 17.3. The number of amides is 1. The van der Waals surface area contributed by atoms with E-state index in [1.165, 1.54) is 5.56 Å². The predicted molar refractivity (Wildman–Crippen MR) is 235 cm³/mol. The Balaban J connectivity index is 0.000000203. The summed E-state index contributed by atoms with van der Waals surface area (Å²) in [7, 11) is 0. The highest BCUT2D eigenvalue weighted by atomic mass is 35.5. The first-order valence-electron chi connectivity index (χ1n) is 19.3. The van der Waals surface area contributed by atoms with Crippen molar-refractivity contribution < 1.29 is 28.9 Å². The fourth-order valence-corrected chi connectivity index (χ4v) is 7.04. The van der Waals surface area contributed by atoms with Gasteiger partial charge in [0.25, 0.3) is 11.4 Å². The van der Waals surface area contributed by atoms with Crippen molar-refractivity contribution in [2.75, 3.05) is 23.3 Å². The number of carbonyl (C=O) groups is 1. The summed E-state index contributed by atoms with van der Waals surface area (Å²) in [5, 5.41) is 26.5. The topological polar surface area (TPSA) is 146 Å². The largest absolute Gasteiger partial charge is 0.489 e. The quantitative estimate of drug-likeness (QED) is 0.105. The highest BCUT2D eigenvalue weighted by Crippen LogP contribution is 2.35. The molecule has 2 aliphatic heterocycles. The van der Waals surface area contributed by atoms with Crippen LogP contribution in [0.25, 0.3) is 22.3 Å². The van der Waals surface area contributed by atoms with Crippen molar-refractivity contribution in [3.8, 4) is 33.8 Å². The molecule has 1 amide bonds. The SMILES string of the molecule is CC(C)(C)OC(=O)N1CCc2cc(OCc3ccc(-c4ccccc4)c([N+](=O)[O-])c3)ccc21.Cl.O=[N+]([O-])c1cc(COc2ccc3c(c2)CCN3)ccc1-c1ccccc1. The fraction of sp³-hybridized carbons (Fsp3) is 0.213. The van der Waals surface area contributed by atoms with Crippen molar-refractivity contribution in [1.29, 1.82) is 0 Å². The summed E-state index contributed by atoms with van der Waals surface area (Å²) in [5.41, 5.74) is 8.10. The number of anilines is 2. The Labute approximate surface area is 354 Å². The normalized spacial score (nSPS) is 12.4. The third-order valence-electron chi connectivity index (χ3n) is 9.85. The van der Waals surface area contributed by atoms with E-state index in [0.717, 1.165) is 52.3 Å². The zero-order valence-electron chi connectivity index (χ0n) is 33.5. The van der Waals surface area contributed by atoms with Gasteiger partial charge in [0.05, 0.1) is 26.7 Å². The molecule has 0 radical (unpaired) electrons. The third-order valence-corrected chi connectivity index (χ3v) is 9.85. The molecular formula is C47H45ClN4O8. The molecule has 60 heavy (non-hydrogen) atoms. The zero-order chi connectivity index (χ0) is 41.5. The van der Waals surface area contributed by atoms with Crippen LogP contribution < -0.4 is 19.7 Å². The van der Waals surface area contributed by atoms with Crippen LogP contribution in [0.4, 0.5) is 27.5 Å². The van der Waals surface area contributed by atoms with E-state index < -0.39 is 5.60 Å². The standard InChI is InChI=1S/C26H26N2O5.C21H18N2O3.ClH/c1-26(2,3)33-25(29)27-14-13-20-16-21(10-12-23(20)27)32-17-18-9-11-22(24(15-18)28(30)31)19-7-5-4-6-8-19;24-23(25)21-12-15(6-8-19(21)16-4-2-1-3-5-16)14-26-18-7-9-20-17(13-18)10-11-22-20;/h4-12,15-16H,13-14,17H2,1-3H3;1-9,12-13,22H,10-11,14H2;1H. The van der Waals surface area contributed by atoms with E-state index in [9.17, 15) is 25.0 Å². The lowest BCUT2D eigenvalue weighted by molar-refractivity contribution is -0.384. The molecule has 0 atom stereocenters. The average Bonchev–Trinajstić information content (AvgIpc) is 3.89. The van der Waals surface area contributed by atoms with Gasteiger partial charge in [-0.15, -0.1) is 12.4 Å². The Morgan fingerprint density at radius 3 is 1.70 bits per heavy atom. The summed E-state index contributed by atoms with van der Waals surface area (Å²) >= 11 is 0. The van der Waals surface area contributed by atoms with Gasteiger partial charge in [0.15, 0.2) is 0 Å². The molecule has 12 nitrogen and oxygen atoms in total. The first kappa shape index (κ1) is 42.7. The number of nitrogens with zero attached hydrogens (tertiary/aromatic N) is 3. The third kappa shape index (κ3) is 10.4. The molecule has 8 rings (SSSR count). The van der Waals surface area contributed by atoms with Gasteiger partial charge in [-0.3, -0.25) is 25.1 Å². The first-order chi connectivity index (χ1) is 28.4. The van der Waals surface area contributed by atoms with Crippen LogP contribution in [0.2, 0.25) is 0 Å². The van der Waals surface area contributed by atoms with E-state index in [0.29, 0.717) is 42.0 Å². The minimum atomic E-state index is -0.554. The van der Waals surface area contributed by atoms with Crippen LogP contribution in [0, 0.1) is 20.2 Å². The lowest BCUT2D eigenvalue weighted by Gasteiger charge is -2.24. The molecule has 0 aliphatic carbocycles. The number of fused-ring (bicyclic) bond motifs is 2. The summed E-state index contributed by atoms with van der Waals surface area (Å²) in [6.45, 7) is 7.53. The highest BCUT2D eigenvalue weighted by Gasteiger charge is 2.29. The van der Waals surface area contributed by atoms with E-state index in [2.05, 4.69) is 5.32 Å². The fourth-order valence-electron chi connectivity index (χ4n) is 7.04. The van der Waals surface area contributed by atoms with E-state index in [-0.39, 0.29) is 46.3 Å². The summed E-state index contributed by atoms with van der Waals surface area (Å²) in [6, 6.07) is 40.6. The van der Waals surface area contributed by atoms with E-state index in [4.69, 9.17) is 14.2 Å². The van der Waals surface area contributed by atoms with Gasteiger partial charge in [-0.25, -0.2) is 4.79 Å². The Kier molecular flexibility index (Phi) is 13.4. The second kappa shape index (κ2) is 18.8. The van der Waals surface area contributed by atoms with Crippen LogP contribution in [0.15, 0.2) is 133 Å². The van der Waals surface area contributed by atoms with Crippen LogP contribution in [0.1, 0.15) is 43.0 Å². The van der Waals surface area contributed by atoms with Gasteiger partial charge < -0.3 is 19.5 Å². The Morgan fingerprint density at radius 2 is 1.18 bits per heavy atom. The lowest BCUT2D eigenvalue weighted by Crippen LogP contribution is -2.35. The number of nitro groups is 2. The molecule has 2 aliphatic rings. The van der Waals surface area contributed by atoms with Crippen LogP contribution in [0.5, 0.6) is 11.5 Å². The lowest BCUT2D eigenvalue weighted by atomic mass is 10.0. The van der Waals surface area contributed by atoms with Crippen molar-refractivity contribution in [3.05, 3.63) is 176 Å². The number of hydrogen-bond acceptors (Lipinski definition) is 9.